The van der Waals surface area contributed by atoms with Crippen molar-refractivity contribution in [3.8, 4) is 0 Å². The lowest BCUT2D eigenvalue weighted by Gasteiger charge is -2.26. The Balaban J connectivity index is 1.86. The molecule has 1 aliphatic rings. The molecular weight excluding hydrogens is 260 g/mol. The topological polar surface area (TPSA) is 26.3 Å². The molecule has 1 atom stereocenters. The fraction of sp³-hybridized carbons (Fsp3) is 0.316. The summed E-state index contributed by atoms with van der Waals surface area (Å²) in [6.07, 6.45) is 3.25. The molecule has 3 rings (SSSR count). The minimum Gasteiger partial charge on any atom is -0.369 e. The van der Waals surface area contributed by atoms with E-state index < -0.39 is 6.10 Å². The standard InChI is InChI=1S/C19H20O2/c1-21-19(15-7-3-2-4-8-15)18(20)17-12-6-11-16(13-17)14-9-5-10-14/h2-4,6-8,11-14,19H,5,9-10H2,1H3. The van der Waals surface area contributed by atoms with Crippen LogP contribution in [0.4, 0.5) is 0 Å². The lowest BCUT2D eigenvalue weighted by Crippen LogP contribution is -2.16. The Kier molecular flexibility index (Phi) is 4.16. The van der Waals surface area contributed by atoms with Gasteiger partial charge in [-0.25, -0.2) is 0 Å². The number of ketones is 1. The second kappa shape index (κ2) is 6.23. The van der Waals surface area contributed by atoms with E-state index in [0.29, 0.717) is 5.92 Å². The maximum absolute atomic E-state index is 12.7. The van der Waals surface area contributed by atoms with Crippen LogP contribution < -0.4 is 0 Å². The van der Waals surface area contributed by atoms with Crippen molar-refractivity contribution in [2.75, 3.05) is 7.11 Å². The lowest BCUT2D eigenvalue weighted by molar-refractivity contribution is 0.0604. The third kappa shape index (κ3) is 2.91. The summed E-state index contributed by atoms with van der Waals surface area (Å²) in [6, 6.07) is 17.7. The Labute approximate surface area is 125 Å². The molecule has 0 saturated heterocycles. The number of hydrogen-bond donors (Lipinski definition) is 0. The number of benzene rings is 2. The van der Waals surface area contributed by atoms with Crippen LogP contribution in [0.1, 0.15) is 52.8 Å². The highest BCUT2D eigenvalue weighted by Gasteiger charge is 2.24. The second-order valence-electron chi connectivity index (χ2n) is 5.64. The summed E-state index contributed by atoms with van der Waals surface area (Å²) in [5, 5.41) is 0. The summed E-state index contributed by atoms with van der Waals surface area (Å²) in [6.45, 7) is 0. The lowest BCUT2D eigenvalue weighted by atomic mass is 9.79. The smallest absolute Gasteiger partial charge is 0.196 e. The van der Waals surface area contributed by atoms with Crippen LogP contribution in [-0.2, 0) is 4.74 Å². The van der Waals surface area contributed by atoms with E-state index in [0.717, 1.165) is 11.1 Å². The fourth-order valence-electron chi connectivity index (χ4n) is 2.86. The Hall–Kier alpha value is -1.93. The van der Waals surface area contributed by atoms with Gasteiger partial charge in [-0.3, -0.25) is 4.79 Å². The quantitative estimate of drug-likeness (QED) is 0.752. The molecule has 1 saturated carbocycles. The first-order valence-electron chi connectivity index (χ1n) is 7.51. The van der Waals surface area contributed by atoms with E-state index >= 15 is 0 Å². The van der Waals surface area contributed by atoms with E-state index in [2.05, 4.69) is 6.07 Å². The molecule has 0 heterocycles. The fourth-order valence-corrected chi connectivity index (χ4v) is 2.86. The average Bonchev–Trinajstić information content (AvgIpc) is 2.47. The first kappa shape index (κ1) is 14.0. The van der Waals surface area contributed by atoms with Gasteiger partial charge in [-0.15, -0.1) is 0 Å². The first-order valence-corrected chi connectivity index (χ1v) is 7.51. The molecule has 0 amide bonds. The number of carbonyl (C=O) groups is 1. The molecule has 0 aliphatic heterocycles. The molecule has 0 N–H and O–H groups in total. The minimum absolute atomic E-state index is 0.0323. The van der Waals surface area contributed by atoms with Crippen molar-refractivity contribution in [2.24, 2.45) is 0 Å². The number of rotatable bonds is 5. The van der Waals surface area contributed by atoms with E-state index in [9.17, 15) is 4.79 Å². The summed E-state index contributed by atoms with van der Waals surface area (Å²) in [5.74, 6) is 0.667. The highest BCUT2D eigenvalue weighted by Crippen LogP contribution is 2.36. The summed E-state index contributed by atoms with van der Waals surface area (Å²) in [4.78, 5) is 12.7. The SMILES string of the molecule is COC(C(=O)c1cccc(C2CCC2)c1)c1ccccc1. The van der Waals surface area contributed by atoms with Crippen LogP contribution in [0.5, 0.6) is 0 Å². The largest absolute Gasteiger partial charge is 0.369 e. The second-order valence-corrected chi connectivity index (χ2v) is 5.64. The molecule has 21 heavy (non-hydrogen) atoms. The molecule has 1 aliphatic carbocycles. The van der Waals surface area contributed by atoms with Gasteiger partial charge < -0.3 is 4.74 Å². The van der Waals surface area contributed by atoms with Gasteiger partial charge in [0, 0.05) is 12.7 Å². The predicted molar refractivity (Wildman–Crippen MR) is 83.6 cm³/mol. The van der Waals surface area contributed by atoms with Gasteiger partial charge in [-0.05, 0) is 36.0 Å². The van der Waals surface area contributed by atoms with E-state index in [-0.39, 0.29) is 5.78 Å². The van der Waals surface area contributed by atoms with Gasteiger partial charge in [0.1, 0.15) is 6.10 Å². The molecule has 0 radical (unpaired) electrons. The van der Waals surface area contributed by atoms with Gasteiger partial charge in [0.05, 0.1) is 0 Å². The van der Waals surface area contributed by atoms with E-state index in [4.69, 9.17) is 4.74 Å². The molecule has 2 aromatic carbocycles. The Morgan fingerprint density at radius 1 is 1.10 bits per heavy atom. The highest BCUT2D eigenvalue weighted by molar-refractivity contribution is 6.00. The van der Waals surface area contributed by atoms with Crippen LogP contribution in [-0.4, -0.2) is 12.9 Å². The summed E-state index contributed by atoms with van der Waals surface area (Å²) in [7, 11) is 1.59. The maximum atomic E-state index is 12.7. The predicted octanol–water partition coefficient (Wildman–Crippen LogP) is 4.52. The van der Waals surface area contributed by atoms with Crippen LogP contribution in [0, 0.1) is 0 Å². The third-order valence-corrected chi connectivity index (χ3v) is 4.32. The number of hydrogen-bond acceptors (Lipinski definition) is 2. The van der Waals surface area contributed by atoms with Crippen molar-refractivity contribution in [1.82, 2.24) is 0 Å². The van der Waals surface area contributed by atoms with Crippen LogP contribution in [0.15, 0.2) is 54.6 Å². The number of methoxy groups -OCH3 is 1. The zero-order valence-electron chi connectivity index (χ0n) is 12.3. The van der Waals surface area contributed by atoms with Crippen molar-refractivity contribution >= 4 is 5.78 Å². The van der Waals surface area contributed by atoms with Crippen molar-refractivity contribution in [2.45, 2.75) is 31.3 Å². The van der Waals surface area contributed by atoms with Crippen molar-refractivity contribution < 1.29 is 9.53 Å². The normalized spacial score (nSPS) is 16.2. The molecule has 1 fully saturated rings. The molecule has 2 heteroatoms. The van der Waals surface area contributed by atoms with Crippen molar-refractivity contribution in [3.63, 3.8) is 0 Å². The van der Waals surface area contributed by atoms with E-state index in [1.165, 1.54) is 24.8 Å². The molecule has 2 aromatic rings. The Morgan fingerprint density at radius 3 is 2.48 bits per heavy atom. The number of Topliss-reactive ketones (excluding diaryl/α,β-unsaturated/α-hetero) is 1. The highest BCUT2D eigenvalue weighted by atomic mass is 16.5. The van der Waals surface area contributed by atoms with Gasteiger partial charge in [0.25, 0.3) is 0 Å². The first-order chi connectivity index (χ1) is 10.3. The van der Waals surface area contributed by atoms with Crippen LogP contribution in [0.25, 0.3) is 0 Å². The van der Waals surface area contributed by atoms with E-state index in [1.807, 2.05) is 48.5 Å². The number of carbonyl (C=O) groups excluding carboxylic acids is 1. The molecule has 0 spiro atoms. The maximum Gasteiger partial charge on any atom is 0.196 e. The van der Waals surface area contributed by atoms with Crippen molar-refractivity contribution in [3.05, 3.63) is 71.3 Å². The zero-order chi connectivity index (χ0) is 14.7. The van der Waals surface area contributed by atoms with Crippen molar-refractivity contribution in [1.29, 1.82) is 0 Å². The van der Waals surface area contributed by atoms with Gasteiger partial charge in [-0.1, -0.05) is 55.0 Å². The average molecular weight is 280 g/mol. The summed E-state index contributed by atoms with van der Waals surface area (Å²) < 4.78 is 5.44. The molecule has 2 nitrogen and oxygen atoms in total. The molecular formula is C19H20O2. The molecule has 108 valence electrons. The number of ether oxygens (including phenoxy) is 1. The Morgan fingerprint density at radius 2 is 1.86 bits per heavy atom. The van der Waals surface area contributed by atoms with Gasteiger partial charge in [0.2, 0.25) is 0 Å². The molecule has 0 aromatic heterocycles. The van der Waals surface area contributed by atoms with Gasteiger partial charge in [-0.2, -0.15) is 0 Å². The van der Waals surface area contributed by atoms with Crippen LogP contribution >= 0.6 is 0 Å². The summed E-state index contributed by atoms with van der Waals surface area (Å²) >= 11 is 0. The van der Waals surface area contributed by atoms with Crippen LogP contribution in [0.3, 0.4) is 0 Å². The molecule has 0 bridgehead atoms. The minimum atomic E-state index is -0.525. The Bertz CT molecular complexity index is 614. The van der Waals surface area contributed by atoms with Crippen LogP contribution in [0.2, 0.25) is 0 Å². The van der Waals surface area contributed by atoms with E-state index in [1.54, 1.807) is 7.11 Å². The third-order valence-electron chi connectivity index (χ3n) is 4.32. The van der Waals surface area contributed by atoms with Gasteiger partial charge in [0.15, 0.2) is 5.78 Å². The zero-order valence-corrected chi connectivity index (χ0v) is 12.3. The summed E-state index contributed by atoms with van der Waals surface area (Å²) in [5.41, 5.74) is 2.93. The van der Waals surface area contributed by atoms with Gasteiger partial charge >= 0.3 is 0 Å². The monoisotopic (exact) mass is 280 g/mol. The molecule has 1 unspecified atom stereocenters.